The van der Waals surface area contributed by atoms with E-state index in [2.05, 4.69) is 33.3 Å². The monoisotopic (exact) mass is 228 g/mol. The minimum absolute atomic E-state index is 0.800. The first-order valence-corrected chi connectivity index (χ1v) is 5.74. The first kappa shape index (κ1) is 11.5. The topological polar surface area (TPSA) is 50.7 Å². The minimum atomic E-state index is 0.800. The van der Waals surface area contributed by atoms with Gasteiger partial charge >= 0.3 is 0 Å². The van der Waals surface area contributed by atoms with Crippen LogP contribution in [0.1, 0.15) is 23.7 Å². The lowest BCUT2D eigenvalue weighted by atomic mass is 10.1. The molecule has 0 aliphatic rings. The highest BCUT2D eigenvalue weighted by Gasteiger charge is 2.08. The molecular weight excluding hydrogens is 212 g/mol. The second kappa shape index (κ2) is 5.39. The van der Waals surface area contributed by atoms with E-state index < -0.39 is 0 Å². The molecule has 2 aromatic rings. The summed E-state index contributed by atoms with van der Waals surface area (Å²) in [5, 5.41) is 3.11. The Morgan fingerprint density at radius 3 is 2.82 bits per heavy atom. The Bertz CT molecular complexity index is 482. The number of nitrogens with one attached hydrogen (secondary N) is 1. The third kappa shape index (κ3) is 2.58. The molecule has 88 valence electrons. The van der Waals surface area contributed by atoms with Crippen molar-refractivity contribution >= 4 is 5.82 Å². The SMILES string of the molecule is CCc1c(Cc2cccnc2)ncnc1NC. The molecule has 4 nitrogen and oxygen atoms in total. The van der Waals surface area contributed by atoms with Crippen molar-refractivity contribution in [1.82, 2.24) is 15.0 Å². The summed E-state index contributed by atoms with van der Waals surface area (Å²) >= 11 is 0. The van der Waals surface area contributed by atoms with Crippen molar-refractivity contribution in [3.05, 3.63) is 47.7 Å². The average Bonchev–Trinajstić information content (AvgIpc) is 2.39. The van der Waals surface area contributed by atoms with Gasteiger partial charge in [-0.15, -0.1) is 0 Å². The smallest absolute Gasteiger partial charge is 0.132 e. The Labute approximate surface area is 101 Å². The second-order valence-electron chi connectivity index (χ2n) is 3.79. The number of hydrogen-bond donors (Lipinski definition) is 1. The van der Waals surface area contributed by atoms with Gasteiger partial charge in [-0.2, -0.15) is 0 Å². The normalized spacial score (nSPS) is 10.2. The lowest BCUT2D eigenvalue weighted by Gasteiger charge is -2.10. The van der Waals surface area contributed by atoms with Gasteiger partial charge in [0.1, 0.15) is 12.1 Å². The molecular formula is C13H16N4. The van der Waals surface area contributed by atoms with Gasteiger partial charge in [0.15, 0.2) is 0 Å². The van der Waals surface area contributed by atoms with Crippen LogP contribution in [-0.4, -0.2) is 22.0 Å². The maximum Gasteiger partial charge on any atom is 0.132 e. The number of pyridine rings is 1. The van der Waals surface area contributed by atoms with E-state index in [9.17, 15) is 0 Å². The summed E-state index contributed by atoms with van der Waals surface area (Å²) in [7, 11) is 1.88. The Morgan fingerprint density at radius 2 is 2.18 bits per heavy atom. The van der Waals surface area contributed by atoms with Gasteiger partial charge in [-0.3, -0.25) is 4.98 Å². The fraction of sp³-hybridized carbons (Fsp3) is 0.308. The van der Waals surface area contributed by atoms with Crippen molar-refractivity contribution in [1.29, 1.82) is 0 Å². The first-order valence-electron chi connectivity index (χ1n) is 5.74. The summed E-state index contributed by atoms with van der Waals surface area (Å²) in [5.74, 6) is 0.918. The molecule has 0 amide bonds. The number of nitrogens with zero attached hydrogens (tertiary/aromatic N) is 3. The molecule has 0 atom stereocenters. The lowest BCUT2D eigenvalue weighted by Crippen LogP contribution is -2.05. The van der Waals surface area contributed by atoms with Crippen LogP contribution in [0.5, 0.6) is 0 Å². The first-order chi connectivity index (χ1) is 8.35. The molecule has 0 aromatic carbocycles. The Morgan fingerprint density at radius 1 is 1.29 bits per heavy atom. The van der Waals surface area contributed by atoms with Gasteiger partial charge in [0.2, 0.25) is 0 Å². The van der Waals surface area contributed by atoms with Crippen molar-refractivity contribution in [3.8, 4) is 0 Å². The van der Waals surface area contributed by atoms with Gasteiger partial charge in [0.25, 0.3) is 0 Å². The number of aromatic nitrogens is 3. The summed E-state index contributed by atoms with van der Waals surface area (Å²) in [6.07, 6.45) is 6.99. The quantitative estimate of drug-likeness (QED) is 0.870. The largest absolute Gasteiger partial charge is 0.373 e. The molecule has 17 heavy (non-hydrogen) atoms. The number of hydrogen-bond acceptors (Lipinski definition) is 4. The van der Waals surface area contributed by atoms with Gasteiger partial charge in [-0.05, 0) is 18.1 Å². The second-order valence-corrected chi connectivity index (χ2v) is 3.79. The summed E-state index contributed by atoms with van der Waals surface area (Å²) in [6, 6.07) is 4.01. The molecule has 4 heteroatoms. The molecule has 0 aliphatic heterocycles. The molecule has 0 bridgehead atoms. The minimum Gasteiger partial charge on any atom is -0.373 e. The van der Waals surface area contributed by atoms with Crippen LogP contribution in [0.3, 0.4) is 0 Å². The molecule has 0 saturated carbocycles. The number of anilines is 1. The summed E-state index contributed by atoms with van der Waals surface area (Å²) < 4.78 is 0. The van der Waals surface area contributed by atoms with Crippen molar-refractivity contribution in [2.24, 2.45) is 0 Å². The third-order valence-corrected chi connectivity index (χ3v) is 2.72. The molecule has 0 spiro atoms. The van der Waals surface area contributed by atoms with Gasteiger partial charge in [0.05, 0.1) is 5.69 Å². The Kier molecular flexibility index (Phi) is 3.65. The highest BCUT2D eigenvalue weighted by molar-refractivity contribution is 5.46. The van der Waals surface area contributed by atoms with Crippen molar-refractivity contribution in [2.75, 3.05) is 12.4 Å². The fourth-order valence-electron chi connectivity index (χ4n) is 1.88. The Balaban J connectivity index is 2.33. The van der Waals surface area contributed by atoms with Crippen molar-refractivity contribution < 1.29 is 0 Å². The zero-order chi connectivity index (χ0) is 12.1. The predicted molar refractivity (Wildman–Crippen MR) is 68.0 cm³/mol. The van der Waals surface area contributed by atoms with Crippen LogP contribution in [0.4, 0.5) is 5.82 Å². The van der Waals surface area contributed by atoms with E-state index in [1.54, 1.807) is 12.5 Å². The summed E-state index contributed by atoms with van der Waals surface area (Å²) in [5.41, 5.74) is 3.42. The van der Waals surface area contributed by atoms with Crippen LogP contribution in [0.2, 0.25) is 0 Å². The van der Waals surface area contributed by atoms with Crippen LogP contribution >= 0.6 is 0 Å². The van der Waals surface area contributed by atoms with Gasteiger partial charge in [-0.1, -0.05) is 13.0 Å². The van der Waals surface area contributed by atoms with Crippen LogP contribution in [-0.2, 0) is 12.8 Å². The lowest BCUT2D eigenvalue weighted by molar-refractivity contribution is 0.947. The van der Waals surface area contributed by atoms with E-state index in [0.717, 1.165) is 24.4 Å². The molecule has 0 fully saturated rings. The van der Waals surface area contributed by atoms with Gasteiger partial charge in [-0.25, -0.2) is 9.97 Å². The Hall–Kier alpha value is -1.97. The molecule has 0 aliphatic carbocycles. The predicted octanol–water partition coefficient (Wildman–Crippen LogP) is 2.07. The highest BCUT2D eigenvalue weighted by Crippen LogP contribution is 2.18. The zero-order valence-electron chi connectivity index (χ0n) is 10.1. The molecule has 2 rings (SSSR count). The third-order valence-electron chi connectivity index (χ3n) is 2.72. The average molecular weight is 228 g/mol. The van der Waals surface area contributed by atoms with Crippen molar-refractivity contribution in [2.45, 2.75) is 19.8 Å². The van der Waals surface area contributed by atoms with Crippen LogP contribution in [0.25, 0.3) is 0 Å². The summed E-state index contributed by atoms with van der Waals surface area (Å²) in [6.45, 7) is 2.12. The molecule has 0 radical (unpaired) electrons. The zero-order valence-corrected chi connectivity index (χ0v) is 10.1. The van der Waals surface area contributed by atoms with Gasteiger partial charge in [0, 0.05) is 31.4 Å². The van der Waals surface area contributed by atoms with Gasteiger partial charge < -0.3 is 5.32 Å². The van der Waals surface area contributed by atoms with E-state index in [4.69, 9.17) is 0 Å². The van der Waals surface area contributed by atoms with Crippen LogP contribution < -0.4 is 5.32 Å². The fourth-order valence-corrected chi connectivity index (χ4v) is 1.88. The van der Waals surface area contributed by atoms with E-state index >= 15 is 0 Å². The molecule has 2 aromatic heterocycles. The molecule has 0 unspecified atom stereocenters. The molecule has 1 N–H and O–H groups in total. The van der Waals surface area contributed by atoms with Crippen LogP contribution in [0.15, 0.2) is 30.9 Å². The standard InChI is InChI=1S/C13H16N4/c1-3-11-12(16-9-17-13(11)14-2)7-10-5-4-6-15-8-10/h4-6,8-9H,3,7H2,1-2H3,(H,14,16,17). The van der Waals surface area contributed by atoms with E-state index in [1.807, 2.05) is 19.3 Å². The molecule has 0 saturated heterocycles. The maximum absolute atomic E-state index is 4.37. The van der Waals surface area contributed by atoms with Crippen LogP contribution in [0, 0.1) is 0 Å². The van der Waals surface area contributed by atoms with Crippen molar-refractivity contribution in [3.63, 3.8) is 0 Å². The van der Waals surface area contributed by atoms with E-state index in [0.29, 0.717) is 0 Å². The summed E-state index contributed by atoms with van der Waals surface area (Å²) in [4.78, 5) is 12.7. The molecule has 2 heterocycles. The van der Waals surface area contributed by atoms with E-state index in [1.165, 1.54) is 11.1 Å². The van der Waals surface area contributed by atoms with E-state index in [-0.39, 0.29) is 0 Å². The number of rotatable bonds is 4. The maximum atomic E-state index is 4.37. The highest BCUT2D eigenvalue weighted by atomic mass is 15.0.